The first kappa shape index (κ1) is 20.1. The number of fused-ring (bicyclic) bond motifs is 1. The highest BCUT2D eigenvalue weighted by Crippen LogP contribution is 2.32. The molecule has 0 saturated carbocycles. The molecule has 2 N–H and O–H groups in total. The number of carbonyl (C=O) groups is 2. The number of pyridine rings is 1. The van der Waals surface area contributed by atoms with E-state index < -0.39 is 5.91 Å². The molecule has 0 spiro atoms. The number of aryl methyl sites for hydroxylation is 2. The Hall–Kier alpha value is -3.23. The molecule has 7 nitrogen and oxygen atoms in total. The Balaban J connectivity index is 1.79. The molecule has 0 aliphatic heterocycles. The second-order valence-corrected chi connectivity index (χ2v) is 8.46. The predicted molar refractivity (Wildman–Crippen MR) is 118 cm³/mol. The van der Waals surface area contributed by atoms with E-state index in [-0.39, 0.29) is 11.6 Å². The van der Waals surface area contributed by atoms with E-state index in [4.69, 9.17) is 16.1 Å². The standard InChI is InChI=1S/C21H17ClN4O3S/c1-10-4-7-18(30-10)17-9-14(19-11(2)26-29-21(19)25-17)20(28)24-16-8-13(22)5-6-15(16)23-12(3)27/h4-9H,1-3H3,(H,23,27)(H,24,28). The summed E-state index contributed by atoms with van der Waals surface area (Å²) in [6.45, 7) is 5.14. The number of rotatable bonds is 4. The van der Waals surface area contributed by atoms with Crippen LogP contribution in [-0.2, 0) is 4.79 Å². The molecule has 3 heterocycles. The van der Waals surface area contributed by atoms with Gasteiger partial charge in [0.25, 0.3) is 11.6 Å². The average Bonchev–Trinajstić information content (AvgIpc) is 3.29. The lowest BCUT2D eigenvalue weighted by Crippen LogP contribution is -2.16. The number of benzene rings is 1. The van der Waals surface area contributed by atoms with Gasteiger partial charge in [0.05, 0.1) is 38.6 Å². The second-order valence-electron chi connectivity index (χ2n) is 6.74. The van der Waals surface area contributed by atoms with Crippen molar-refractivity contribution in [1.82, 2.24) is 10.1 Å². The molecule has 0 fully saturated rings. The number of nitrogens with zero attached hydrogens (tertiary/aromatic N) is 2. The normalized spacial score (nSPS) is 10.9. The lowest BCUT2D eigenvalue weighted by molar-refractivity contribution is -0.114. The van der Waals surface area contributed by atoms with Gasteiger partial charge < -0.3 is 15.2 Å². The van der Waals surface area contributed by atoms with Gasteiger partial charge in [0, 0.05) is 16.8 Å². The van der Waals surface area contributed by atoms with Crippen LogP contribution in [0.2, 0.25) is 5.02 Å². The molecule has 0 unspecified atom stereocenters. The molecule has 0 radical (unpaired) electrons. The first-order valence-electron chi connectivity index (χ1n) is 9.04. The summed E-state index contributed by atoms with van der Waals surface area (Å²) in [7, 11) is 0. The summed E-state index contributed by atoms with van der Waals surface area (Å²) in [5.41, 5.74) is 2.67. The largest absolute Gasteiger partial charge is 0.335 e. The van der Waals surface area contributed by atoms with Crippen molar-refractivity contribution in [3.05, 3.63) is 57.6 Å². The van der Waals surface area contributed by atoms with Gasteiger partial charge in [-0.3, -0.25) is 9.59 Å². The molecule has 4 aromatic rings. The third kappa shape index (κ3) is 3.92. The highest BCUT2D eigenvalue weighted by Gasteiger charge is 2.21. The van der Waals surface area contributed by atoms with Crippen molar-refractivity contribution >= 4 is 57.2 Å². The molecule has 2 amide bonds. The number of nitrogens with one attached hydrogen (secondary N) is 2. The summed E-state index contributed by atoms with van der Waals surface area (Å²) in [4.78, 5) is 31.3. The molecule has 4 rings (SSSR count). The third-order valence-electron chi connectivity index (χ3n) is 4.40. The summed E-state index contributed by atoms with van der Waals surface area (Å²) in [5, 5.41) is 10.4. The van der Waals surface area contributed by atoms with Gasteiger partial charge >= 0.3 is 0 Å². The highest BCUT2D eigenvalue weighted by molar-refractivity contribution is 7.15. The summed E-state index contributed by atoms with van der Waals surface area (Å²) in [5.74, 6) is -0.651. The van der Waals surface area contributed by atoms with Gasteiger partial charge in [-0.2, -0.15) is 0 Å². The fourth-order valence-electron chi connectivity index (χ4n) is 3.08. The topological polar surface area (TPSA) is 97.1 Å². The fraction of sp³-hybridized carbons (Fsp3) is 0.143. The minimum absolute atomic E-state index is 0.260. The van der Waals surface area contributed by atoms with Crippen LogP contribution in [0.5, 0.6) is 0 Å². The van der Waals surface area contributed by atoms with Crippen LogP contribution in [0.25, 0.3) is 21.7 Å². The van der Waals surface area contributed by atoms with Gasteiger partial charge in [-0.15, -0.1) is 11.3 Å². The van der Waals surface area contributed by atoms with Crippen LogP contribution in [0.3, 0.4) is 0 Å². The van der Waals surface area contributed by atoms with Crippen LogP contribution in [0, 0.1) is 13.8 Å². The van der Waals surface area contributed by atoms with Gasteiger partial charge in [-0.05, 0) is 50.2 Å². The average molecular weight is 441 g/mol. The van der Waals surface area contributed by atoms with Crippen molar-refractivity contribution in [2.75, 3.05) is 10.6 Å². The van der Waals surface area contributed by atoms with Crippen LogP contribution in [-0.4, -0.2) is 22.0 Å². The maximum absolute atomic E-state index is 13.3. The van der Waals surface area contributed by atoms with Crippen LogP contribution < -0.4 is 10.6 Å². The molecular weight excluding hydrogens is 424 g/mol. The Bertz CT molecular complexity index is 1290. The summed E-state index contributed by atoms with van der Waals surface area (Å²) >= 11 is 7.67. The first-order valence-corrected chi connectivity index (χ1v) is 10.2. The van der Waals surface area contributed by atoms with Crippen molar-refractivity contribution < 1.29 is 14.1 Å². The zero-order valence-corrected chi connectivity index (χ0v) is 17.9. The molecule has 0 aliphatic rings. The number of anilines is 2. The Morgan fingerprint density at radius 2 is 1.87 bits per heavy atom. The van der Waals surface area contributed by atoms with Gasteiger partial charge in [-0.25, -0.2) is 4.98 Å². The fourth-order valence-corrected chi connectivity index (χ4v) is 4.08. The Kier molecular flexibility index (Phi) is 5.27. The third-order valence-corrected chi connectivity index (χ3v) is 5.65. The van der Waals surface area contributed by atoms with E-state index in [9.17, 15) is 9.59 Å². The smallest absolute Gasteiger partial charge is 0.259 e. The van der Waals surface area contributed by atoms with E-state index in [1.54, 1.807) is 42.5 Å². The highest BCUT2D eigenvalue weighted by atomic mass is 35.5. The van der Waals surface area contributed by atoms with Gasteiger partial charge in [0.1, 0.15) is 0 Å². The minimum Gasteiger partial charge on any atom is -0.335 e. The molecule has 30 heavy (non-hydrogen) atoms. The predicted octanol–water partition coefficient (Wildman–Crippen LogP) is 5.43. The molecule has 9 heteroatoms. The van der Waals surface area contributed by atoms with E-state index in [0.717, 1.165) is 9.75 Å². The van der Waals surface area contributed by atoms with Crippen LogP contribution in [0.1, 0.15) is 27.9 Å². The number of carbonyl (C=O) groups excluding carboxylic acids is 2. The van der Waals surface area contributed by atoms with Gasteiger partial charge in [0.2, 0.25) is 5.91 Å². The van der Waals surface area contributed by atoms with Crippen molar-refractivity contribution in [2.24, 2.45) is 0 Å². The molecule has 0 saturated heterocycles. The quantitative estimate of drug-likeness (QED) is 0.440. The van der Waals surface area contributed by atoms with E-state index in [1.807, 2.05) is 19.1 Å². The maximum atomic E-state index is 13.3. The molecule has 1 aromatic carbocycles. The van der Waals surface area contributed by atoms with Gasteiger partial charge in [0.15, 0.2) is 0 Å². The first-order chi connectivity index (χ1) is 14.3. The SMILES string of the molecule is CC(=O)Nc1ccc(Cl)cc1NC(=O)c1cc(-c2ccc(C)s2)nc2onc(C)c12. The van der Waals surface area contributed by atoms with Crippen LogP contribution >= 0.6 is 22.9 Å². The minimum atomic E-state index is -0.392. The second kappa shape index (κ2) is 7.89. The van der Waals surface area contributed by atoms with Crippen molar-refractivity contribution in [1.29, 1.82) is 0 Å². The van der Waals surface area contributed by atoms with E-state index in [0.29, 0.717) is 38.7 Å². The number of aromatic nitrogens is 2. The molecule has 3 aromatic heterocycles. The van der Waals surface area contributed by atoms with Crippen LogP contribution in [0.15, 0.2) is 40.9 Å². The van der Waals surface area contributed by atoms with Crippen molar-refractivity contribution in [2.45, 2.75) is 20.8 Å². The van der Waals surface area contributed by atoms with E-state index >= 15 is 0 Å². The van der Waals surface area contributed by atoms with Crippen LogP contribution in [0.4, 0.5) is 11.4 Å². The van der Waals surface area contributed by atoms with Crippen molar-refractivity contribution in [3.63, 3.8) is 0 Å². The molecule has 0 bridgehead atoms. The summed E-state index contributed by atoms with van der Waals surface area (Å²) in [6, 6.07) is 10.5. The van der Waals surface area contributed by atoms with E-state index in [1.165, 1.54) is 6.92 Å². The van der Waals surface area contributed by atoms with E-state index in [2.05, 4.69) is 20.8 Å². The zero-order chi connectivity index (χ0) is 21.4. The number of hydrogen-bond acceptors (Lipinski definition) is 6. The molecule has 0 aliphatic carbocycles. The molecule has 152 valence electrons. The number of hydrogen-bond donors (Lipinski definition) is 2. The lowest BCUT2D eigenvalue weighted by Gasteiger charge is -2.13. The summed E-state index contributed by atoms with van der Waals surface area (Å²) < 4.78 is 5.34. The van der Waals surface area contributed by atoms with Crippen molar-refractivity contribution in [3.8, 4) is 10.6 Å². The Labute approximate surface area is 181 Å². The van der Waals surface area contributed by atoms with Gasteiger partial charge in [-0.1, -0.05) is 16.8 Å². The number of halogens is 1. The Morgan fingerprint density at radius 3 is 2.57 bits per heavy atom. The Morgan fingerprint density at radius 1 is 1.07 bits per heavy atom. The lowest BCUT2D eigenvalue weighted by atomic mass is 10.1. The zero-order valence-electron chi connectivity index (χ0n) is 16.4. The summed E-state index contributed by atoms with van der Waals surface area (Å²) in [6.07, 6.45) is 0. The maximum Gasteiger partial charge on any atom is 0.259 e. The molecule has 0 atom stereocenters. The number of thiophene rings is 1. The number of amides is 2. The monoisotopic (exact) mass is 440 g/mol. The molecular formula is C21H17ClN4O3S.